The molecule has 2 heterocycles. The van der Waals surface area contributed by atoms with Crippen molar-refractivity contribution in [3.05, 3.63) is 59.0 Å². The molecule has 0 bridgehead atoms. The van der Waals surface area contributed by atoms with E-state index in [1.165, 1.54) is 30.5 Å². The first-order valence-corrected chi connectivity index (χ1v) is 9.53. The van der Waals surface area contributed by atoms with E-state index in [1.54, 1.807) is 0 Å². The summed E-state index contributed by atoms with van der Waals surface area (Å²) >= 11 is 5.86. The second kappa shape index (κ2) is 7.08. The summed E-state index contributed by atoms with van der Waals surface area (Å²) in [4.78, 5) is 16.1. The van der Waals surface area contributed by atoms with Crippen LogP contribution in [0.1, 0.15) is 11.3 Å². The number of nitrogens with two attached hydrogens (primary N) is 1. The van der Waals surface area contributed by atoms with Crippen LogP contribution in [-0.2, 0) is 27.4 Å². The zero-order chi connectivity index (χ0) is 20.7. The molecule has 3 aromatic rings. The van der Waals surface area contributed by atoms with Crippen LogP contribution in [0.25, 0.3) is 5.65 Å². The Balaban J connectivity index is 1.77. The van der Waals surface area contributed by atoms with Gasteiger partial charge in [0.05, 0.1) is 27.6 Å². The van der Waals surface area contributed by atoms with E-state index in [2.05, 4.69) is 10.3 Å². The molecule has 0 aliphatic heterocycles. The standard InChI is InChI=1S/C16H12ClF3N4O3S/c17-13-5-9(16(18,19)20)7-24-8-11(23-15(13)24)6-14(25)22-10-1-3-12(4-2-10)28(21,26)27/h1-5,7-8H,6H2,(H,22,25)(H2,21,26,27). The van der Waals surface area contributed by atoms with Gasteiger partial charge in [0, 0.05) is 18.1 Å². The van der Waals surface area contributed by atoms with Gasteiger partial charge in [-0.25, -0.2) is 18.5 Å². The molecule has 0 saturated carbocycles. The number of fused-ring (bicyclic) bond motifs is 1. The summed E-state index contributed by atoms with van der Waals surface area (Å²) in [6, 6.07) is 5.94. The zero-order valence-electron chi connectivity index (χ0n) is 13.9. The second-order valence-corrected chi connectivity index (χ2v) is 7.80. The van der Waals surface area contributed by atoms with Crippen LogP contribution in [0.4, 0.5) is 18.9 Å². The van der Waals surface area contributed by atoms with E-state index >= 15 is 0 Å². The number of sulfonamides is 1. The number of hydrogen-bond donors (Lipinski definition) is 2. The van der Waals surface area contributed by atoms with Gasteiger partial charge < -0.3 is 9.72 Å². The van der Waals surface area contributed by atoms with Crippen LogP contribution in [0.5, 0.6) is 0 Å². The predicted octanol–water partition coefficient (Wildman–Crippen LogP) is 2.84. The maximum atomic E-state index is 12.9. The molecule has 3 N–H and O–H groups in total. The number of carbonyl (C=O) groups is 1. The minimum absolute atomic E-state index is 0.0926. The number of halogens is 4. The van der Waals surface area contributed by atoms with E-state index in [4.69, 9.17) is 16.7 Å². The van der Waals surface area contributed by atoms with E-state index in [0.717, 1.165) is 16.7 Å². The number of carbonyl (C=O) groups excluding carboxylic acids is 1. The number of benzene rings is 1. The van der Waals surface area contributed by atoms with E-state index in [1.807, 2.05) is 0 Å². The highest BCUT2D eigenvalue weighted by molar-refractivity contribution is 7.89. The van der Waals surface area contributed by atoms with Gasteiger partial charge in [0.25, 0.3) is 0 Å². The molecule has 1 aromatic carbocycles. The van der Waals surface area contributed by atoms with Crippen molar-refractivity contribution in [1.82, 2.24) is 9.38 Å². The first kappa shape index (κ1) is 20.1. The number of anilines is 1. The molecule has 148 valence electrons. The Hall–Kier alpha value is -2.63. The fourth-order valence-corrected chi connectivity index (χ4v) is 3.22. The quantitative estimate of drug-likeness (QED) is 0.661. The predicted molar refractivity (Wildman–Crippen MR) is 95.4 cm³/mol. The molecule has 12 heteroatoms. The van der Waals surface area contributed by atoms with Crippen LogP contribution in [0.3, 0.4) is 0 Å². The fourth-order valence-electron chi connectivity index (χ4n) is 2.45. The first-order valence-electron chi connectivity index (χ1n) is 7.60. The van der Waals surface area contributed by atoms with E-state index in [-0.39, 0.29) is 27.7 Å². The highest BCUT2D eigenvalue weighted by atomic mass is 35.5. The summed E-state index contributed by atoms with van der Waals surface area (Å²) < 4.78 is 62.1. The number of hydrogen-bond acceptors (Lipinski definition) is 4. The number of alkyl halides is 3. The van der Waals surface area contributed by atoms with Gasteiger partial charge in [-0.2, -0.15) is 13.2 Å². The molecule has 28 heavy (non-hydrogen) atoms. The molecule has 0 aliphatic rings. The lowest BCUT2D eigenvalue weighted by molar-refractivity contribution is -0.137. The molecule has 3 rings (SSSR count). The van der Waals surface area contributed by atoms with Crippen molar-refractivity contribution < 1.29 is 26.4 Å². The Morgan fingerprint density at radius 2 is 1.86 bits per heavy atom. The molecule has 0 unspecified atom stereocenters. The van der Waals surface area contributed by atoms with Crippen LogP contribution in [-0.4, -0.2) is 23.7 Å². The smallest absolute Gasteiger partial charge is 0.326 e. The molecule has 0 radical (unpaired) electrons. The Kier molecular flexibility index (Phi) is 5.08. The molecular formula is C16H12ClF3N4O3S. The third kappa shape index (κ3) is 4.43. The van der Waals surface area contributed by atoms with E-state index in [0.29, 0.717) is 5.69 Å². The summed E-state index contributed by atoms with van der Waals surface area (Å²) in [7, 11) is -3.85. The average molecular weight is 433 g/mol. The molecule has 7 nitrogen and oxygen atoms in total. The third-order valence-electron chi connectivity index (χ3n) is 3.69. The normalized spacial score (nSPS) is 12.3. The molecule has 2 aromatic heterocycles. The fraction of sp³-hybridized carbons (Fsp3) is 0.125. The summed E-state index contributed by atoms with van der Waals surface area (Å²) in [5.41, 5.74) is -0.318. The Morgan fingerprint density at radius 3 is 2.43 bits per heavy atom. The van der Waals surface area contributed by atoms with E-state index in [9.17, 15) is 26.4 Å². The van der Waals surface area contributed by atoms with Crippen molar-refractivity contribution in [3.8, 4) is 0 Å². The maximum Gasteiger partial charge on any atom is 0.417 e. The number of amides is 1. The number of pyridine rings is 1. The summed E-state index contributed by atoms with van der Waals surface area (Å²) in [5, 5.41) is 7.32. The first-order chi connectivity index (χ1) is 12.9. The Labute approximate surface area is 162 Å². The highest BCUT2D eigenvalue weighted by Gasteiger charge is 2.32. The summed E-state index contributed by atoms with van der Waals surface area (Å²) in [6.45, 7) is 0. The lowest BCUT2D eigenvalue weighted by atomic mass is 10.3. The highest BCUT2D eigenvalue weighted by Crippen LogP contribution is 2.32. The van der Waals surface area contributed by atoms with Crippen LogP contribution >= 0.6 is 11.6 Å². The monoisotopic (exact) mass is 432 g/mol. The van der Waals surface area contributed by atoms with Gasteiger partial charge in [0.2, 0.25) is 15.9 Å². The maximum absolute atomic E-state index is 12.9. The van der Waals surface area contributed by atoms with Crippen molar-refractivity contribution >= 4 is 38.9 Å². The summed E-state index contributed by atoms with van der Waals surface area (Å²) in [6.07, 6.45) is -2.68. The topological polar surface area (TPSA) is 107 Å². The molecule has 0 fully saturated rings. The number of aromatic nitrogens is 2. The van der Waals surface area contributed by atoms with Crippen molar-refractivity contribution in [1.29, 1.82) is 0 Å². The van der Waals surface area contributed by atoms with Crippen LogP contribution in [0, 0.1) is 0 Å². The van der Waals surface area contributed by atoms with Gasteiger partial charge in [-0.1, -0.05) is 11.6 Å². The van der Waals surface area contributed by atoms with Crippen LogP contribution in [0.15, 0.2) is 47.6 Å². The number of nitrogens with one attached hydrogen (secondary N) is 1. The van der Waals surface area contributed by atoms with Gasteiger partial charge in [0.15, 0.2) is 5.65 Å². The minimum atomic E-state index is -4.57. The number of nitrogens with zero attached hydrogens (tertiary/aromatic N) is 2. The van der Waals surface area contributed by atoms with Crippen LogP contribution in [0.2, 0.25) is 5.02 Å². The lowest BCUT2D eigenvalue weighted by Crippen LogP contribution is -2.15. The third-order valence-corrected chi connectivity index (χ3v) is 4.90. The van der Waals surface area contributed by atoms with Crippen LogP contribution < -0.4 is 10.5 Å². The largest absolute Gasteiger partial charge is 0.417 e. The Morgan fingerprint density at radius 1 is 1.21 bits per heavy atom. The average Bonchev–Trinajstić information content (AvgIpc) is 2.96. The summed E-state index contributed by atoms with van der Waals surface area (Å²) in [5.74, 6) is -0.501. The van der Waals surface area contributed by atoms with Gasteiger partial charge in [-0.15, -0.1) is 0 Å². The van der Waals surface area contributed by atoms with E-state index < -0.39 is 27.7 Å². The van der Waals surface area contributed by atoms with Crippen molar-refractivity contribution in [2.24, 2.45) is 5.14 Å². The van der Waals surface area contributed by atoms with Crippen molar-refractivity contribution in [2.75, 3.05) is 5.32 Å². The van der Waals surface area contributed by atoms with Gasteiger partial charge >= 0.3 is 6.18 Å². The molecule has 0 saturated heterocycles. The van der Waals surface area contributed by atoms with Gasteiger partial charge in [0.1, 0.15) is 0 Å². The Bertz CT molecular complexity index is 1160. The number of rotatable bonds is 4. The number of imidazole rings is 1. The SMILES string of the molecule is NS(=O)(=O)c1ccc(NC(=O)Cc2cn3cc(C(F)(F)F)cc(Cl)c3n2)cc1. The van der Waals surface area contributed by atoms with Gasteiger partial charge in [-0.05, 0) is 30.3 Å². The molecule has 0 atom stereocenters. The molecule has 0 aliphatic carbocycles. The minimum Gasteiger partial charge on any atom is -0.326 e. The molecule has 1 amide bonds. The number of primary sulfonamides is 1. The van der Waals surface area contributed by atoms with Crippen molar-refractivity contribution in [3.63, 3.8) is 0 Å². The van der Waals surface area contributed by atoms with Crippen molar-refractivity contribution in [2.45, 2.75) is 17.5 Å². The second-order valence-electron chi connectivity index (χ2n) is 5.83. The van der Waals surface area contributed by atoms with Gasteiger partial charge in [-0.3, -0.25) is 4.79 Å². The molecule has 0 spiro atoms. The molecular weight excluding hydrogens is 421 g/mol. The zero-order valence-corrected chi connectivity index (χ0v) is 15.4. The lowest BCUT2D eigenvalue weighted by Gasteiger charge is -2.07.